The normalized spacial score (nSPS) is 18.8. The minimum atomic E-state index is -1.49. The van der Waals surface area contributed by atoms with Crippen LogP contribution in [0.2, 0.25) is 0 Å². The summed E-state index contributed by atoms with van der Waals surface area (Å²) in [6, 6.07) is 3.40. The monoisotopic (exact) mass is 459 g/mol. The van der Waals surface area contributed by atoms with E-state index in [2.05, 4.69) is 20.4 Å². The van der Waals surface area contributed by atoms with Gasteiger partial charge in [-0.05, 0) is 49.5 Å². The molecule has 1 fully saturated rings. The number of nitrogens with one attached hydrogen (secondary N) is 1. The van der Waals surface area contributed by atoms with Crippen molar-refractivity contribution in [1.29, 1.82) is 0 Å². The molecule has 0 bridgehead atoms. The number of oxime groups is 1. The molecule has 3 heterocycles. The van der Waals surface area contributed by atoms with Crippen molar-refractivity contribution in [2.45, 2.75) is 31.7 Å². The minimum absolute atomic E-state index is 0.0314. The van der Waals surface area contributed by atoms with Crippen LogP contribution in [0.3, 0.4) is 0 Å². The first-order valence-corrected chi connectivity index (χ1v) is 10.9. The van der Waals surface area contributed by atoms with Gasteiger partial charge in [-0.3, -0.25) is 9.69 Å². The fraction of sp³-hybridized carbons (Fsp3) is 0.368. The number of aromatic nitrogens is 1. The van der Waals surface area contributed by atoms with Crippen LogP contribution in [0.5, 0.6) is 5.75 Å². The van der Waals surface area contributed by atoms with Gasteiger partial charge in [-0.25, -0.2) is 9.78 Å². The summed E-state index contributed by atoms with van der Waals surface area (Å²) in [6.45, 7) is 2.52. The molecule has 0 radical (unpaired) electrons. The maximum absolute atomic E-state index is 12.6. The molecule has 1 aromatic heterocycles. The number of amides is 1. The van der Waals surface area contributed by atoms with Crippen LogP contribution in [0.4, 0.5) is 5.13 Å². The van der Waals surface area contributed by atoms with Crippen molar-refractivity contribution in [3.05, 3.63) is 39.9 Å². The predicted molar refractivity (Wildman–Crippen MR) is 117 cm³/mol. The van der Waals surface area contributed by atoms with Crippen LogP contribution in [0.25, 0.3) is 0 Å². The molecule has 0 spiro atoms. The summed E-state index contributed by atoms with van der Waals surface area (Å²) in [7, 11) is -1.49. The SMILES string of the molecule is Nc1nc(/C(=N/O)C(=O)N[C@H]2Cc3cc(CN4CCCC4)cc(C(=O)O)c3OB2O)cs1. The number of benzene rings is 1. The minimum Gasteiger partial charge on any atom is -0.534 e. The number of nitrogens with two attached hydrogens (primary N) is 1. The molecule has 0 aliphatic carbocycles. The van der Waals surface area contributed by atoms with Crippen LogP contribution in [-0.4, -0.2) is 69.0 Å². The average molecular weight is 459 g/mol. The third kappa shape index (κ3) is 4.54. The number of carbonyl (C=O) groups is 2. The van der Waals surface area contributed by atoms with Crippen LogP contribution in [0.1, 0.15) is 40.0 Å². The quantitative estimate of drug-likeness (QED) is 0.177. The van der Waals surface area contributed by atoms with E-state index >= 15 is 0 Å². The molecule has 1 aromatic carbocycles. The largest absolute Gasteiger partial charge is 0.547 e. The molecule has 168 valence electrons. The number of hydrogen-bond acceptors (Lipinski definition) is 10. The summed E-state index contributed by atoms with van der Waals surface area (Å²) in [5.41, 5.74) is 6.67. The second kappa shape index (κ2) is 9.14. The standard InChI is InChI=1S/C19H22BN5O6S/c21-19-22-13(9-32-19)15(24-30)17(26)23-14-7-11-5-10(8-25-3-1-2-4-25)6-12(18(27)28)16(11)31-20(14)29/h5-6,9,14,29-30H,1-4,7-8H2,(H2,21,22)(H,23,26)(H,27,28)/b24-15-/t14-/m0/s1. The molecule has 1 atom stereocenters. The van der Waals surface area contributed by atoms with E-state index < -0.39 is 24.9 Å². The first kappa shape index (κ1) is 22.1. The van der Waals surface area contributed by atoms with Crippen LogP contribution in [-0.2, 0) is 17.8 Å². The fourth-order valence-corrected chi connectivity index (χ4v) is 4.55. The molecular weight excluding hydrogens is 437 g/mol. The van der Waals surface area contributed by atoms with Gasteiger partial charge < -0.3 is 31.0 Å². The number of nitrogens with zero attached hydrogens (tertiary/aromatic N) is 3. The molecule has 0 saturated carbocycles. The van der Waals surface area contributed by atoms with Gasteiger partial charge in [-0.15, -0.1) is 11.3 Å². The van der Waals surface area contributed by atoms with E-state index in [-0.39, 0.29) is 34.3 Å². The highest BCUT2D eigenvalue weighted by molar-refractivity contribution is 7.13. The molecule has 6 N–H and O–H groups in total. The van der Waals surface area contributed by atoms with E-state index in [4.69, 9.17) is 10.4 Å². The molecule has 11 nitrogen and oxygen atoms in total. The lowest BCUT2D eigenvalue weighted by atomic mass is 9.72. The van der Waals surface area contributed by atoms with Crippen molar-refractivity contribution >= 4 is 41.2 Å². The third-order valence-electron chi connectivity index (χ3n) is 5.48. The van der Waals surface area contributed by atoms with E-state index in [0.29, 0.717) is 12.1 Å². The van der Waals surface area contributed by atoms with Crippen LogP contribution in [0, 0.1) is 0 Å². The van der Waals surface area contributed by atoms with Gasteiger partial charge >= 0.3 is 13.1 Å². The number of nitrogen functional groups attached to an aromatic ring is 1. The van der Waals surface area contributed by atoms with E-state index in [1.54, 1.807) is 6.07 Å². The third-order valence-corrected chi connectivity index (χ3v) is 6.15. The van der Waals surface area contributed by atoms with Gasteiger partial charge in [-0.2, -0.15) is 0 Å². The maximum atomic E-state index is 12.6. The van der Waals surface area contributed by atoms with Gasteiger partial charge in [0.25, 0.3) is 5.91 Å². The Morgan fingerprint density at radius 1 is 1.38 bits per heavy atom. The second-order valence-electron chi connectivity index (χ2n) is 7.73. The van der Waals surface area contributed by atoms with E-state index in [1.165, 1.54) is 5.38 Å². The van der Waals surface area contributed by atoms with Crippen molar-refractivity contribution < 1.29 is 29.6 Å². The Hall–Kier alpha value is -3.16. The molecule has 2 aliphatic heterocycles. The highest BCUT2D eigenvalue weighted by Gasteiger charge is 2.39. The lowest BCUT2D eigenvalue weighted by Gasteiger charge is -2.29. The van der Waals surface area contributed by atoms with Gasteiger partial charge in [0.1, 0.15) is 17.0 Å². The summed E-state index contributed by atoms with van der Waals surface area (Å²) < 4.78 is 5.50. The van der Waals surface area contributed by atoms with Gasteiger partial charge in [-0.1, -0.05) is 11.2 Å². The molecule has 2 aliphatic rings. The molecular formula is C19H22BN5O6S. The molecule has 1 saturated heterocycles. The van der Waals surface area contributed by atoms with E-state index in [1.807, 2.05) is 6.07 Å². The molecule has 13 heteroatoms. The van der Waals surface area contributed by atoms with Gasteiger partial charge in [0.05, 0.1) is 5.94 Å². The zero-order chi connectivity index (χ0) is 22.8. The van der Waals surface area contributed by atoms with Crippen molar-refractivity contribution in [1.82, 2.24) is 15.2 Å². The van der Waals surface area contributed by atoms with Crippen molar-refractivity contribution in [3.63, 3.8) is 0 Å². The Balaban J connectivity index is 1.56. The summed E-state index contributed by atoms with van der Waals surface area (Å²) in [5, 5.41) is 36.6. The van der Waals surface area contributed by atoms with Crippen molar-refractivity contribution in [2.75, 3.05) is 18.8 Å². The number of anilines is 1. The molecule has 0 unspecified atom stereocenters. The zero-order valence-corrected chi connectivity index (χ0v) is 17.8. The average Bonchev–Trinajstić information content (AvgIpc) is 3.41. The van der Waals surface area contributed by atoms with Gasteiger partial charge in [0.15, 0.2) is 10.8 Å². The Kier molecular flexibility index (Phi) is 6.30. The number of carboxylic acid groups (broad SMARTS) is 1. The Morgan fingerprint density at radius 2 is 2.12 bits per heavy atom. The number of rotatable bonds is 6. The topological polar surface area (TPSA) is 171 Å². The smallest absolute Gasteiger partial charge is 0.534 e. The number of carbonyl (C=O) groups excluding carboxylic acids is 1. The highest BCUT2D eigenvalue weighted by Crippen LogP contribution is 2.32. The lowest BCUT2D eigenvalue weighted by Crippen LogP contribution is -2.54. The van der Waals surface area contributed by atoms with Crippen molar-refractivity contribution in [3.8, 4) is 5.75 Å². The van der Waals surface area contributed by atoms with Crippen LogP contribution < -0.4 is 15.7 Å². The first-order valence-electron chi connectivity index (χ1n) is 10.1. The van der Waals surface area contributed by atoms with Crippen molar-refractivity contribution in [2.24, 2.45) is 5.16 Å². The number of carboxylic acids is 1. The summed E-state index contributed by atoms with van der Waals surface area (Å²) in [5.74, 6) is -2.74. The Bertz CT molecular complexity index is 1070. The first-order chi connectivity index (χ1) is 15.4. The number of aromatic carboxylic acids is 1. The van der Waals surface area contributed by atoms with Crippen LogP contribution in [0.15, 0.2) is 22.7 Å². The van der Waals surface area contributed by atoms with E-state index in [0.717, 1.165) is 42.8 Å². The molecule has 4 rings (SSSR count). The predicted octanol–water partition coefficient (Wildman–Crippen LogP) is 0.337. The summed E-state index contributed by atoms with van der Waals surface area (Å²) in [4.78, 5) is 30.6. The van der Waals surface area contributed by atoms with Gasteiger partial charge in [0, 0.05) is 11.9 Å². The fourth-order valence-electron chi connectivity index (χ4n) is 4.00. The molecule has 2 aromatic rings. The number of likely N-dealkylation sites (tertiary alicyclic amines) is 1. The highest BCUT2D eigenvalue weighted by atomic mass is 32.1. The lowest BCUT2D eigenvalue weighted by molar-refractivity contribution is -0.115. The second-order valence-corrected chi connectivity index (χ2v) is 8.62. The van der Waals surface area contributed by atoms with Gasteiger partial charge in [0.2, 0.25) is 0 Å². The Labute approximate surface area is 187 Å². The number of thiazole rings is 1. The van der Waals surface area contributed by atoms with E-state index in [9.17, 15) is 24.9 Å². The zero-order valence-electron chi connectivity index (χ0n) is 17.0. The molecule has 1 amide bonds. The summed E-state index contributed by atoms with van der Waals surface area (Å²) >= 11 is 1.08. The number of fused-ring (bicyclic) bond motifs is 1. The maximum Gasteiger partial charge on any atom is 0.547 e. The Morgan fingerprint density at radius 3 is 2.75 bits per heavy atom. The number of hydrogen-bond donors (Lipinski definition) is 5. The van der Waals surface area contributed by atoms with Crippen LogP contribution >= 0.6 is 11.3 Å². The summed E-state index contributed by atoms with van der Waals surface area (Å²) in [6.07, 6.45) is 2.35. The molecule has 32 heavy (non-hydrogen) atoms.